The number of nitrogens with zero attached hydrogens (tertiary/aromatic N) is 2. The largest absolute Gasteiger partial charge is 0.380 e. The number of piperidine rings is 2. The first-order valence-electron chi connectivity index (χ1n) is 8.47. The molecule has 0 aliphatic carbocycles. The van der Waals surface area contributed by atoms with Gasteiger partial charge in [0.25, 0.3) is 0 Å². The van der Waals surface area contributed by atoms with Gasteiger partial charge in [0.05, 0.1) is 12.6 Å². The highest BCUT2D eigenvalue weighted by Crippen LogP contribution is 2.25. The van der Waals surface area contributed by atoms with Gasteiger partial charge in [0, 0.05) is 32.2 Å². The minimum Gasteiger partial charge on any atom is -0.380 e. The third-order valence-corrected chi connectivity index (χ3v) is 4.76. The minimum absolute atomic E-state index is 0.0295. The smallest absolute Gasteiger partial charge is 0.245 e. The molecule has 2 amide bonds. The molecule has 0 aromatic heterocycles. The van der Waals surface area contributed by atoms with Crippen molar-refractivity contribution in [1.29, 1.82) is 0 Å². The van der Waals surface area contributed by atoms with Crippen LogP contribution >= 0.6 is 0 Å². The van der Waals surface area contributed by atoms with Gasteiger partial charge in [0.15, 0.2) is 0 Å². The number of hydrogen-bond acceptors (Lipinski definition) is 3. The Morgan fingerprint density at radius 2 is 1.91 bits per heavy atom. The predicted molar refractivity (Wildman–Crippen MR) is 85.3 cm³/mol. The van der Waals surface area contributed by atoms with Crippen molar-refractivity contribution in [2.45, 2.75) is 45.1 Å². The van der Waals surface area contributed by atoms with Crippen molar-refractivity contribution in [3.8, 4) is 0 Å². The van der Waals surface area contributed by atoms with Crippen LogP contribution in [0.3, 0.4) is 0 Å². The average Bonchev–Trinajstić information content (AvgIpc) is 2.59. The van der Waals surface area contributed by atoms with Crippen LogP contribution in [-0.4, -0.2) is 60.5 Å². The molecule has 0 aromatic rings. The van der Waals surface area contributed by atoms with E-state index in [4.69, 9.17) is 4.74 Å². The molecule has 0 aromatic carbocycles. The molecule has 2 rings (SSSR count). The Morgan fingerprint density at radius 1 is 1.18 bits per heavy atom. The summed E-state index contributed by atoms with van der Waals surface area (Å²) in [7, 11) is 0. The summed E-state index contributed by atoms with van der Waals surface area (Å²) in [6.45, 7) is 9.02. The van der Waals surface area contributed by atoms with Crippen molar-refractivity contribution in [3.63, 3.8) is 0 Å². The molecule has 0 N–H and O–H groups in total. The maximum Gasteiger partial charge on any atom is 0.245 e. The lowest BCUT2D eigenvalue weighted by atomic mass is 9.92. The maximum atomic E-state index is 12.8. The van der Waals surface area contributed by atoms with Crippen LogP contribution in [0.25, 0.3) is 0 Å². The van der Waals surface area contributed by atoms with Crippen LogP contribution in [0, 0.1) is 5.92 Å². The van der Waals surface area contributed by atoms with Crippen LogP contribution in [0.1, 0.15) is 39.0 Å². The molecule has 5 heteroatoms. The first kappa shape index (κ1) is 17.0. The van der Waals surface area contributed by atoms with E-state index in [-0.39, 0.29) is 23.8 Å². The standard InChI is InChI=1S/C17H28N2O3/c1-3-16(20)18-11-8-14(9-12-18)17(21)19-10-6-5-7-15(19)13-22-4-2/h3,14-15H,1,4-13H2,2H3. The molecule has 0 saturated carbocycles. The van der Waals surface area contributed by atoms with Gasteiger partial charge in [-0.1, -0.05) is 6.58 Å². The Balaban J connectivity index is 1.90. The summed E-state index contributed by atoms with van der Waals surface area (Å²) in [6.07, 6.45) is 6.17. The fraction of sp³-hybridized carbons (Fsp3) is 0.765. The second-order valence-electron chi connectivity index (χ2n) is 6.14. The van der Waals surface area contributed by atoms with Crippen LogP contribution < -0.4 is 0 Å². The molecule has 2 aliphatic rings. The summed E-state index contributed by atoms with van der Waals surface area (Å²) >= 11 is 0. The van der Waals surface area contributed by atoms with Crippen molar-refractivity contribution in [3.05, 3.63) is 12.7 Å². The quantitative estimate of drug-likeness (QED) is 0.728. The van der Waals surface area contributed by atoms with Gasteiger partial charge in [-0.15, -0.1) is 0 Å². The summed E-state index contributed by atoms with van der Waals surface area (Å²) in [5.41, 5.74) is 0. The topological polar surface area (TPSA) is 49.9 Å². The molecule has 2 fully saturated rings. The van der Waals surface area contributed by atoms with Gasteiger partial charge in [0.2, 0.25) is 11.8 Å². The molecule has 0 bridgehead atoms. The Morgan fingerprint density at radius 3 is 2.55 bits per heavy atom. The van der Waals surface area contributed by atoms with E-state index < -0.39 is 0 Å². The number of rotatable bonds is 5. The molecule has 2 heterocycles. The van der Waals surface area contributed by atoms with Gasteiger partial charge in [-0.25, -0.2) is 0 Å². The molecule has 1 atom stereocenters. The molecule has 1 unspecified atom stereocenters. The van der Waals surface area contributed by atoms with Crippen molar-refractivity contribution in [1.82, 2.24) is 9.80 Å². The van der Waals surface area contributed by atoms with Crippen LogP contribution in [0.15, 0.2) is 12.7 Å². The van der Waals surface area contributed by atoms with Gasteiger partial charge in [0.1, 0.15) is 0 Å². The number of carbonyl (C=O) groups is 2. The number of ether oxygens (including phenoxy) is 1. The van der Waals surface area contributed by atoms with Crippen molar-refractivity contribution >= 4 is 11.8 Å². The fourth-order valence-electron chi connectivity index (χ4n) is 3.43. The third-order valence-electron chi connectivity index (χ3n) is 4.76. The number of carbonyl (C=O) groups excluding carboxylic acids is 2. The summed E-state index contributed by atoms with van der Waals surface area (Å²) in [4.78, 5) is 28.2. The Labute approximate surface area is 133 Å². The lowest BCUT2D eigenvalue weighted by molar-refractivity contribution is -0.144. The lowest BCUT2D eigenvalue weighted by Crippen LogP contribution is -2.50. The maximum absolute atomic E-state index is 12.8. The van der Waals surface area contributed by atoms with Crippen LogP contribution in [0.4, 0.5) is 0 Å². The summed E-state index contributed by atoms with van der Waals surface area (Å²) in [5, 5.41) is 0. The number of hydrogen-bond donors (Lipinski definition) is 0. The number of likely N-dealkylation sites (tertiary alicyclic amines) is 2. The highest BCUT2D eigenvalue weighted by atomic mass is 16.5. The summed E-state index contributed by atoms with van der Waals surface area (Å²) in [6, 6.07) is 0.231. The van der Waals surface area contributed by atoms with Gasteiger partial charge < -0.3 is 14.5 Å². The first-order chi connectivity index (χ1) is 10.7. The SMILES string of the molecule is C=CC(=O)N1CCC(C(=O)N2CCCCC2COCC)CC1. The first-order valence-corrected chi connectivity index (χ1v) is 8.47. The zero-order chi connectivity index (χ0) is 15.9. The van der Waals surface area contributed by atoms with Gasteiger partial charge in [-0.2, -0.15) is 0 Å². The van der Waals surface area contributed by atoms with Crippen LogP contribution in [0.2, 0.25) is 0 Å². The van der Waals surface area contributed by atoms with Crippen molar-refractivity contribution < 1.29 is 14.3 Å². The second-order valence-corrected chi connectivity index (χ2v) is 6.14. The highest BCUT2D eigenvalue weighted by molar-refractivity contribution is 5.87. The minimum atomic E-state index is -0.0295. The Bertz CT molecular complexity index is 403. The summed E-state index contributed by atoms with van der Waals surface area (Å²) in [5.74, 6) is 0.282. The van der Waals surface area contributed by atoms with E-state index in [2.05, 4.69) is 6.58 Å². The number of amides is 2. The molecule has 124 valence electrons. The van der Waals surface area contributed by atoms with E-state index in [0.717, 1.165) is 32.2 Å². The van der Waals surface area contributed by atoms with Gasteiger partial charge >= 0.3 is 0 Å². The van der Waals surface area contributed by atoms with Crippen molar-refractivity contribution in [2.75, 3.05) is 32.8 Å². The average molecular weight is 308 g/mol. The zero-order valence-electron chi connectivity index (χ0n) is 13.6. The molecule has 2 saturated heterocycles. The van der Waals surface area contributed by atoms with Crippen molar-refractivity contribution in [2.24, 2.45) is 5.92 Å². The monoisotopic (exact) mass is 308 g/mol. The lowest BCUT2D eigenvalue weighted by Gasteiger charge is -2.39. The second kappa shape index (κ2) is 8.32. The molecular weight excluding hydrogens is 280 g/mol. The van der Waals surface area contributed by atoms with E-state index >= 15 is 0 Å². The van der Waals surface area contributed by atoms with Gasteiger partial charge in [-0.3, -0.25) is 9.59 Å². The molecule has 22 heavy (non-hydrogen) atoms. The van der Waals surface area contributed by atoms with E-state index in [1.807, 2.05) is 11.8 Å². The summed E-state index contributed by atoms with van der Waals surface area (Å²) < 4.78 is 5.55. The van der Waals surface area contributed by atoms with Crippen LogP contribution in [-0.2, 0) is 14.3 Å². The Hall–Kier alpha value is -1.36. The molecule has 0 spiro atoms. The van der Waals surface area contributed by atoms with E-state index in [0.29, 0.717) is 26.3 Å². The van der Waals surface area contributed by atoms with E-state index in [9.17, 15) is 9.59 Å². The third kappa shape index (κ3) is 4.09. The normalized spacial score (nSPS) is 23.4. The zero-order valence-corrected chi connectivity index (χ0v) is 13.6. The Kier molecular flexibility index (Phi) is 6.43. The molecule has 2 aliphatic heterocycles. The predicted octanol–water partition coefficient (Wildman–Crippen LogP) is 1.83. The molecule has 0 radical (unpaired) electrons. The molecule has 5 nitrogen and oxygen atoms in total. The van der Waals surface area contributed by atoms with E-state index in [1.54, 1.807) is 4.90 Å². The highest BCUT2D eigenvalue weighted by Gasteiger charge is 2.33. The fourth-order valence-corrected chi connectivity index (χ4v) is 3.43. The van der Waals surface area contributed by atoms with E-state index in [1.165, 1.54) is 12.5 Å². The van der Waals surface area contributed by atoms with Gasteiger partial charge in [-0.05, 0) is 45.1 Å². The van der Waals surface area contributed by atoms with Crippen LogP contribution in [0.5, 0.6) is 0 Å². The molecular formula is C17H28N2O3.